The van der Waals surface area contributed by atoms with Gasteiger partial charge in [-0.05, 0) is 31.0 Å². The minimum atomic E-state index is -4.45. The molecular weight excluding hydrogens is 329 g/mol. The molecule has 1 saturated heterocycles. The number of benzene rings is 1. The van der Waals surface area contributed by atoms with E-state index in [-0.39, 0.29) is 24.0 Å². The maximum absolute atomic E-state index is 12.9. The average Bonchev–Trinajstić information content (AvgIpc) is 3.00. The molecule has 2 N–H and O–H groups in total. The first-order valence-electron chi connectivity index (χ1n) is 7.36. The van der Waals surface area contributed by atoms with Crippen molar-refractivity contribution in [2.24, 2.45) is 0 Å². The lowest BCUT2D eigenvalue weighted by atomic mass is 10.1. The van der Waals surface area contributed by atoms with Crippen molar-refractivity contribution in [2.75, 3.05) is 41.4 Å². The number of aliphatic hydroxyl groups excluding tert-OH is 1. The minimum absolute atomic E-state index is 0.0411. The summed E-state index contributed by atoms with van der Waals surface area (Å²) in [5.74, 6) is 0.133. The highest BCUT2D eigenvalue weighted by atomic mass is 32.2. The number of amides is 1. The summed E-state index contributed by atoms with van der Waals surface area (Å²) in [6.07, 6.45) is -2.48. The van der Waals surface area contributed by atoms with E-state index in [4.69, 9.17) is 5.11 Å². The highest BCUT2D eigenvalue weighted by Gasteiger charge is 2.32. The molecule has 8 heteroatoms. The predicted octanol–water partition coefficient (Wildman–Crippen LogP) is 2.97. The summed E-state index contributed by atoms with van der Waals surface area (Å²) in [6, 6.07) is 3.46. The second-order valence-corrected chi connectivity index (χ2v) is 6.35. The van der Waals surface area contributed by atoms with Crippen LogP contribution < -0.4 is 10.2 Å². The third kappa shape index (κ3) is 5.04. The van der Waals surface area contributed by atoms with Crippen LogP contribution in [0.3, 0.4) is 0 Å². The maximum Gasteiger partial charge on any atom is 0.416 e. The molecule has 1 fully saturated rings. The van der Waals surface area contributed by atoms with Gasteiger partial charge in [-0.1, -0.05) is 0 Å². The summed E-state index contributed by atoms with van der Waals surface area (Å²) in [4.78, 5) is 13.9. The summed E-state index contributed by atoms with van der Waals surface area (Å²) in [5.41, 5.74) is 0.0334. The highest BCUT2D eigenvalue weighted by molar-refractivity contribution is 7.99. The Morgan fingerprint density at radius 3 is 2.61 bits per heavy atom. The molecule has 1 aromatic rings. The van der Waals surface area contributed by atoms with Crippen LogP contribution in [0.2, 0.25) is 0 Å². The molecule has 0 aliphatic carbocycles. The Kier molecular flexibility index (Phi) is 6.17. The lowest BCUT2D eigenvalue weighted by Crippen LogP contribution is -2.22. The van der Waals surface area contributed by atoms with Crippen LogP contribution in [-0.4, -0.2) is 42.2 Å². The van der Waals surface area contributed by atoms with Gasteiger partial charge in [0.05, 0.1) is 29.3 Å². The summed E-state index contributed by atoms with van der Waals surface area (Å²) >= 11 is 1.23. The number of alkyl halides is 3. The Bertz CT molecular complexity index is 546. The topological polar surface area (TPSA) is 52.6 Å². The first-order valence-corrected chi connectivity index (χ1v) is 8.52. The first-order chi connectivity index (χ1) is 10.9. The van der Waals surface area contributed by atoms with Crippen LogP contribution >= 0.6 is 11.8 Å². The second-order valence-electron chi connectivity index (χ2n) is 5.25. The Morgan fingerprint density at radius 2 is 2.00 bits per heavy atom. The Hall–Kier alpha value is -1.41. The number of anilines is 2. The molecule has 0 unspecified atom stereocenters. The van der Waals surface area contributed by atoms with Gasteiger partial charge in [0, 0.05) is 18.8 Å². The monoisotopic (exact) mass is 348 g/mol. The number of hydrogen-bond donors (Lipinski definition) is 2. The van der Waals surface area contributed by atoms with Crippen LogP contribution in [0.5, 0.6) is 0 Å². The van der Waals surface area contributed by atoms with E-state index in [1.807, 2.05) is 4.90 Å². The molecule has 4 nitrogen and oxygen atoms in total. The van der Waals surface area contributed by atoms with Crippen LogP contribution in [0.25, 0.3) is 0 Å². The molecule has 0 radical (unpaired) electrons. The van der Waals surface area contributed by atoms with E-state index in [0.717, 1.165) is 38.1 Å². The quantitative estimate of drug-likeness (QED) is 0.776. The molecular formula is C15H19F3N2O2S. The van der Waals surface area contributed by atoms with E-state index in [9.17, 15) is 18.0 Å². The van der Waals surface area contributed by atoms with Crippen molar-refractivity contribution < 1.29 is 23.1 Å². The number of carbonyl (C=O) groups is 1. The molecule has 0 atom stereocenters. The molecule has 1 amide bonds. The average molecular weight is 348 g/mol. The lowest BCUT2D eigenvalue weighted by molar-refractivity contribution is -0.137. The summed E-state index contributed by atoms with van der Waals surface area (Å²) in [5, 5.41) is 11.3. The second kappa shape index (κ2) is 7.92. The van der Waals surface area contributed by atoms with E-state index in [0.29, 0.717) is 11.4 Å². The summed E-state index contributed by atoms with van der Waals surface area (Å²) in [6.45, 7) is 1.50. The van der Waals surface area contributed by atoms with Crippen molar-refractivity contribution in [3.63, 3.8) is 0 Å². The minimum Gasteiger partial charge on any atom is -0.396 e. The fourth-order valence-corrected chi connectivity index (χ4v) is 2.99. The zero-order valence-electron chi connectivity index (χ0n) is 12.5. The number of thioether (sulfide) groups is 1. The number of aliphatic hydroxyl groups is 1. The zero-order valence-corrected chi connectivity index (χ0v) is 13.3. The van der Waals surface area contributed by atoms with Crippen molar-refractivity contribution in [3.8, 4) is 0 Å². The Labute approximate surface area is 137 Å². The van der Waals surface area contributed by atoms with Crippen LogP contribution in [-0.2, 0) is 11.0 Å². The summed E-state index contributed by atoms with van der Waals surface area (Å²) < 4.78 is 38.7. The van der Waals surface area contributed by atoms with Gasteiger partial charge >= 0.3 is 6.18 Å². The molecule has 0 bridgehead atoms. The zero-order chi connectivity index (χ0) is 16.9. The molecule has 0 saturated carbocycles. The molecule has 1 heterocycles. The van der Waals surface area contributed by atoms with Crippen molar-refractivity contribution in [2.45, 2.75) is 19.0 Å². The van der Waals surface area contributed by atoms with E-state index in [2.05, 4.69) is 5.32 Å². The third-order valence-electron chi connectivity index (χ3n) is 3.51. The van der Waals surface area contributed by atoms with Crippen molar-refractivity contribution in [1.82, 2.24) is 0 Å². The fourth-order valence-electron chi connectivity index (χ4n) is 2.46. The van der Waals surface area contributed by atoms with E-state index in [1.165, 1.54) is 17.8 Å². The first kappa shape index (κ1) is 17.9. The van der Waals surface area contributed by atoms with Gasteiger partial charge in [-0.3, -0.25) is 4.79 Å². The smallest absolute Gasteiger partial charge is 0.396 e. The van der Waals surface area contributed by atoms with Crippen LogP contribution in [0.1, 0.15) is 18.4 Å². The third-order valence-corrected chi connectivity index (χ3v) is 4.45. The van der Waals surface area contributed by atoms with Crippen LogP contribution in [0.15, 0.2) is 18.2 Å². The number of nitrogens with zero attached hydrogens (tertiary/aromatic N) is 1. The Morgan fingerprint density at radius 1 is 1.30 bits per heavy atom. The molecule has 1 aliphatic rings. The van der Waals surface area contributed by atoms with Gasteiger partial charge in [0.25, 0.3) is 0 Å². The highest BCUT2D eigenvalue weighted by Crippen LogP contribution is 2.36. The van der Waals surface area contributed by atoms with E-state index >= 15 is 0 Å². The SMILES string of the molecule is O=C(CSCCO)Nc1cc(C(F)(F)F)ccc1N1CCCC1. The van der Waals surface area contributed by atoms with Gasteiger partial charge in [-0.2, -0.15) is 13.2 Å². The Balaban J connectivity index is 2.19. The van der Waals surface area contributed by atoms with Gasteiger partial charge in [-0.15, -0.1) is 11.8 Å². The van der Waals surface area contributed by atoms with Gasteiger partial charge in [0.15, 0.2) is 0 Å². The van der Waals surface area contributed by atoms with E-state index < -0.39 is 11.7 Å². The number of nitrogens with one attached hydrogen (secondary N) is 1. The number of rotatable bonds is 6. The van der Waals surface area contributed by atoms with Crippen molar-refractivity contribution in [1.29, 1.82) is 0 Å². The van der Waals surface area contributed by atoms with Gasteiger partial charge < -0.3 is 15.3 Å². The molecule has 23 heavy (non-hydrogen) atoms. The molecule has 1 aromatic carbocycles. The van der Waals surface area contributed by atoms with Gasteiger partial charge in [0.2, 0.25) is 5.91 Å². The maximum atomic E-state index is 12.9. The van der Waals surface area contributed by atoms with Crippen molar-refractivity contribution in [3.05, 3.63) is 23.8 Å². The molecule has 1 aliphatic heterocycles. The molecule has 2 rings (SSSR count). The standard InChI is InChI=1S/C15H19F3N2O2S/c16-15(17,18)11-3-4-13(20-5-1-2-6-20)12(9-11)19-14(22)10-23-8-7-21/h3-4,9,21H,1-2,5-8,10H2,(H,19,22). The van der Waals surface area contributed by atoms with Crippen LogP contribution in [0, 0.1) is 0 Å². The summed E-state index contributed by atoms with van der Waals surface area (Å²) in [7, 11) is 0. The fraction of sp³-hybridized carbons (Fsp3) is 0.533. The van der Waals surface area contributed by atoms with E-state index in [1.54, 1.807) is 0 Å². The van der Waals surface area contributed by atoms with Crippen molar-refractivity contribution >= 4 is 29.0 Å². The number of halogens is 3. The normalized spacial score (nSPS) is 15.0. The molecule has 0 spiro atoms. The van der Waals surface area contributed by atoms with Gasteiger partial charge in [-0.25, -0.2) is 0 Å². The largest absolute Gasteiger partial charge is 0.416 e. The number of carbonyl (C=O) groups excluding carboxylic acids is 1. The number of hydrogen-bond acceptors (Lipinski definition) is 4. The molecule has 128 valence electrons. The van der Waals surface area contributed by atoms with Crippen LogP contribution in [0.4, 0.5) is 24.5 Å². The van der Waals surface area contributed by atoms with Gasteiger partial charge in [0.1, 0.15) is 0 Å². The predicted molar refractivity (Wildman–Crippen MR) is 85.9 cm³/mol. The molecule has 0 aromatic heterocycles. The lowest BCUT2D eigenvalue weighted by Gasteiger charge is -2.23.